The lowest BCUT2D eigenvalue weighted by atomic mass is 9.87. The van der Waals surface area contributed by atoms with E-state index in [1.807, 2.05) is 31.2 Å². The van der Waals surface area contributed by atoms with Crippen LogP contribution in [0, 0.1) is 12.8 Å². The fraction of sp³-hybridized carbons (Fsp3) is 0.300. The number of hydrogen-bond donors (Lipinski definition) is 2. The number of allylic oxidation sites excluding steroid dienone is 11. The summed E-state index contributed by atoms with van der Waals surface area (Å²) in [7, 11) is 1.76. The zero-order valence-corrected chi connectivity index (χ0v) is 21.1. The second-order valence-corrected chi connectivity index (χ2v) is 9.02. The van der Waals surface area contributed by atoms with Gasteiger partial charge in [-0.25, -0.2) is 0 Å². The largest absolute Gasteiger partial charge is 0.322 e. The maximum Gasteiger partial charge on any atom is 0.251 e. The van der Waals surface area contributed by atoms with Crippen LogP contribution in [0.15, 0.2) is 76.9 Å². The van der Waals surface area contributed by atoms with Crippen LogP contribution in [-0.4, -0.2) is 29.4 Å². The van der Waals surface area contributed by atoms with Crippen molar-refractivity contribution in [1.82, 2.24) is 10.2 Å². The smallest absolute Gasteiger partial charge is 0.251 e. The van der Waals surface area contributed by atoms with E-state index in [-0.39, 0.29) is 11.8 Å². The van der Waals surface area contributed by atoms with Gasteiger partial charge in [0.15, 0.2) is 0 Å². The average molecular weight is 467 g/mol. The van der Waals surface area contributed by atoms with Gasteiger partial charge < -0.3 is 5.32 Å². The van der Waals surface area contributed by atoms with Crippen molar-refractivity contribution in [1.29, 1.82) is 0 Å². The highest BCUT2D eigenvalue weighted by Crippen LogP contribution is 2.36. The Hall–Kier alpha value is -3.73. The third-order valence-electron chi connectivity index (χ3n) is 6.81. The lowest BCUT2D eigenvalue weighted by Crippen LogP contribution is -2.20. The van der Waals surface area contributed by atoms with Crippen molar-refractivity contribution in [2.75, 3.05) is 12.4 Å². The molecule has 5 nitrogen and oxygen atoms in total. The number of rotatable bonds is 7. The molecule has 2 N–H and O–H groups in total. The number of H-pyrrole nitrogens is 1. The number of aryl methyl sites for hydroxylation is 1. The van der Waals surface area contributed by atoms with Gasteiger partial charge in [-0.05, 0) is 68.7 Å². The van der Waals surface area contributed by atoms with Crippen LogP contribution in [-0.2, 0) is 11.2 Å². The molecule has 2 aromatic rings. The van der Waals surface area contributed by atoms with Crippen LogP contribution in [0.5, 0.6) is 0 Å². The number of nitrogens with zero attached hydrogens (tertiary/aromatic N) is 2. The van der Waals surface area contributed by atoms with Gasteiger partial charge in [-0.2, -0.15) is 5.10 Å². The number of carbonyl (C=O) groups is 1. The molecule has 5 heteroatoms. The molecule has 0 spiro atoms. The molecule has 1 unspecified atom stereocenters. The predicted octanol–water partition coefficient (Wildman–Crippen LogP) is 6.81. The molecular weight excluding hydrogens is 432 g/mol. The molecule has 1 aliphatic heterocycles. The zero-order chi connectivity index (χ0) is 24.8. The van der Waals surface area contributed by atoms with E-state index in [0.29, 0.717) is 6.42 Å². The highest BCUT2D eigenvalue weighted by molar-refractivity contribution is 6.08. The molecule has 1 aliphatic carbocycles. The second-order valence-electron chi connectivity index (χ2n) is 9.02. The molecule has 0 fully saturated rings. The van der Waals surface area contributed by atoms with Crippen LogP contribution in [0.3, 0.4) is 0 Å². The molecular formula is C30H34N4O. The van der Waals surface area contributed by atoms with Crippen molar-refractivity contribution in [2.24, 2.45) is 10.9 Å². The average Bonchev–Trinajstić information content (AvgIpc) is 3.00. The first-order chi connectivity index (χ1) is 17.1. The molecule has 1 aromatic carbocycles. The summed E-state index contributed by atoms with van der Waals surface area (Å²) in [6.45, 7) is 6.29. The monoisotopic (exact) mass is 466 g/mol. The molecule has 2 heterocycles. The Labute approximate surface area is 207 Å². The standard InChI is InChI=1S/C30H34N4O/c1-5-11-23(16-17-31-4)29-28-20(3)24-14-15-25(30(35)32-26(24)19-27(28)33-34-29)22(6-2)18-21-12-9-7-8-10-13-21/h5,7-12,15-17,19,22H,6,13-14,18H2,1-4H3,(H,32,35)(H,33,34)/b11-5+,23-16+,31-17-. The summed E-state index contributed by atoms with van der Waals surface area (Å²) in [4.78, 5) is 17.5. The Morgan fingerprint density at radius 1 is 1.26 bits per heavy atom. The summed E-state index contributed by atoms with van der Waals surface area (Å²) in [6.07, 6.45) is 24.0. The lowest BCUT2D eigenvalue weighted by molar-refractivity contribution is -0.113. The summed E-state index contributed by atoms with van der Waals surface area (Å²) in [5.74, 6) is 0.193. The van der Waals surface area contributed by atoms with Crippen LogP contribution in [0.4, 0.5) is 5.69 Å². The molecule has 0 bridgehead atoms. The highest BCUT2D eigenvalue weighted by Gasteiger charge is 2.26. The van der Waals surface area contributed by atoms with Gasteiger partial charge in [0.1, 0.15) is 5.69 Å². The molecule has 0 radical (unpaired) electrons. The summed E-state index contributed by atoms with van der Waals surface area (Å²) in [6, 6.07) is 2.02. The Kier molecular flexibility index (Phi) is 7.76. The maximum absolute atomic E-state index is 13.4. The fourth-order valence-corrected chi connectivity index (χ4v) is 4.97. The van der Waals surface area contributed by atoms with E-state index in [1.54, 1.807) is 13.3 Å². The molecule has 2 aliphatic rings. The third kappa shape index (κ3) is 5.19. The molecule has 4 rings (SSSR count). The van der Waals surface area contributed by atoms with Gasteiger partial charge >= 0.3 is 0 Å². The first-order valence-electron chi connectivity index (χ1n) is 12.4. The van der Waals surface area contributed by atoms with E-state index in [0.717, 1.165) is 63.8 Å². The number of fused-ring (bicyclic) bond motifs is 2. The van der Waals surface area contributed by atoms with Crippen LogP contribution < -0.4 is 5.32 Å². The number of aromatic nitrogens is 2. The Balaban J connectivity index is 1.72. The van der Waals surface area contributed by atoms with Crippen LogP contribution in [0.1, 0.15) is 49.9 Å². The molecule has 1 aromatic heterocycles. The van der Waals surface area contributed by atoms with E-state index in [4.69, 9.17) is 0 Å². The molecule has 35 heavy (non-hydrogen) atoms. The van der Waals surface area contributed by atoms with Gasteiger partial charge in [0.2, 0.25) is 0 Å². The van der Waals surface area contributed by atoms with Gasteiger partial charge in [0.05, 0.1) is 5.52 Å². The highest BCUT2D eigenvalue weighted by atomic mass is 16.1. The number of aliphatic imine (C=N–C) groups is 1. The zero-order valence-electron chi connectivity index (χ0n) is 21.1. The molecule has 180 valence electrons. The van der Waals surface area contributed by atoms with Crippen molar-refractivity contribution in [3.8, 4) is 0 Å². The minimum absolute atomic E-state index is 0.00283. The second kappa shape index (κ2) is 11.1. The number of anilines is 1. The van der Waals surface area contributed by atoms with Gasteiger partial charge in [0, 0.05) is 35.5 Å². The number of amides is 1. The molecule has 0 saturated heterocycles. The van der Waals surface area contributed by atoms with Crippen LogP contribution in [0.25, 0.3) is 16.5 Å². The van der Waals surface area contributed by atoms with Gasteiger partial charge in [-0.1, -0.05) is 61.1 Å². The van der Waals surface area contributed by atoms with E-state index >= 15 is 0 Å². The Morgan fingerprint density at radius 3 is 2.89 bits per heavy atom. The normalized spacial score (nSPS) is 17.4. The fourth-order valence-electron chi connectivity index (χ4n) is 4.97. The van der Waals surface area contributed by atoms with Crippen LogP contribution in [0.2, 0.25) is 0 Å². The number of hydrogen-bond acceptors (Lipinski definition) is 3. The number of aromatic amines is 1. The van der Waals surface area contributed by atoms with Crippen molar-refractivity contribution in [2.45, 2.75) is 46.5 Å². The summed E-state index contributed by atoms with van der Waals surface area (Å²) >= 11 is 0. The summed E-state index contributed by atoms with van der Waals surface area (Å²) < 4.78 is 0. The van der Waals surface area contributed by atoms with Crippen molar-refractivity contribution in [3.05, 3.63) is 88.7 Å². The minimum atomic E-state index is 0.00283. The number of carbonyl (C=O) groups excluding carboxylic acids is 1. The van der Waals surface area contributed by atoms with Gasteiger partial charge in [-0.15, -0.1) is 0 Å². The summed E-state index contributed by atoms with van der Waals surface area (Å²) in [5.41, 5.74) is 8.19. The Morgan fingerprint density at radius 2 is 2.11 bits per heavy atom. The molecule has 1 atom stereocenters. The van der Waals surface area contributed by atoms with Crippen molar-refractivity contribution >= 4 is 34.3 Å². The molecule has 0 saturated carbocycles. The van der Waals surface area contributed by atoms with Gasteiger partial charge in [-0.3, -0.25) is 14.9 Å². The molecule has 1 amide bonds. The van der Waals surface area contributed by atoms with E-state index in [2.05, 4.69) is 70.8 Å². The number of nitrogens with one attached hydrogen (secondary N) is 2. The topological polar surface area (TPSA) is 70.1 Å². The maximum atomic E-state index is 13.4. The lowest BCUT2D eigenvalue weighted by Gasteiger charge is -2.19. The van der Waals surface area contributed by atoms with Crippen LogP contribution >= 0.6 is 0 Å². The van der Waals surface area contributed by atoms with E-state index in [9.17, 15) is 4.79 Å². The number of benzene rings is 1. The Bertz CT molecular complexity index is 1330. The predicted molar refractivity (Wildman–Crippen MR) is 148 cm³/mol. The van der Waals surface area contributed by atoms with E-state index < -0.39 is 0 Å². The summed E-state index contributed by atoms with van der Waals surface area (Å²) in [5, 5.41) is 12.1. The van der Waals surface area contributed by atoms with Gasteiger partial charge in [0.25, 0.3) is 5.91 Å². The van der Waals surface area contributed by atoms with Crippen molar-refractivity contribution in [3.63, 3.8) is 0 Å². The third-order valence-corrected chi connectivity index (χ3v) is 6.81. The first kappa shape index (κ1) is 24.4. The minimum Gasteiger partial charge on any atom is -0.322 e. The quantitative estimate of drug-likeness (QED) is 0.347. The first-order valence-corrected chi connectivity index (χ1v) is 12.4. The SMILES string of the molecule is C/C=C/C(=C\C=N/C)c1n[nH]c2cc3c(c(C)c12)CC=C(C(CC)CC1=CC=CC=CC1)C(=O)N3. The van der Waals surface area contributed by atoms with Crippen molar-refractivity contribution < 1.29 is 4.79 Å². The van der Waals surface area contributed by atoms with E-state index in [1.165, 1.54) is 5.57 Å².